The molecular formula is C13H16N2O2. The molecule has 1 aromatic heterocycles. The van der Waals surface area contributed by atoms with Gasteiger partial charge in [0.05, 0.1) is 16.8 Å². The number of aromatic carboxylic acids is 1. The summed E-state index contributed by atoms with van der Waals surface area (Å²) in [5, 5.41) is 14.6. The zero-order valence-corrected chi connectivity index (χ0v) is 10.3. The van der Waals surface area contributed by atoms with Crippen LogP contribution in [0.25, 0.3) is 10.9 Å². The second-order valence-electron chi connectivity index (χ2n) is 4.38. The summed E-state index contributed by atoms with van der Waals surface area (Å²) < 4.78 is 1.89. The molecule has 0 saturated carbocycles. The summed E-state index contributed by atoms with van der Waals surface area (Å²) in [7, 11) is 0. The van der Waals surface area contributed by atoms with Crippen LogP contribution >= 0.6 is 0 Å². The lowest BCUT2D eigenvalue weighted by molar-refractivity contribution is 0.0697. The number of hydrogen-bond donors (Lipinski definition) is 1. The van der Waals surface area contributed by atoms with E-state index in [0.29, 0.717) is 5.56 Å². The van der Waals surface area contributed by atoms with Crippen LogP contribution in [-0.2, 0) is 6.42 Å². The molecule has 2 rings (SSSR count). The van der Waals surface area contributed by atoms with E-state index in [4.69, 9.17) is 5.11 Å². The molecule has 17 heavy (non-hydrogen) atoms. The summed E-state index contributed by atoms with van der Waals surface area (Å²) in [6, 6.07) is 5.41. The predicted molar refractivity (Wildman–Crippen MR) is 66.5 cm³/mol. The SMILES string of the molecule is CCc1nn(C(C)C)c2cc(C(=O)O)ccc12. The van der Waals surface area contributed by atoms with Gasteiger partial charge in [-0.25, -0.2) is 4.79 Å². The van der Waals surface area contributed by atoms with Gasteiger partial charge >= 0.3 is 5.97 Å². The summed E-state index contributed by atoms with van der Waals surface area (Å²) in [6.07, 6.45) is 0.850. The van der Waals surface area contributed by atoms with E-state index in [9.17, 15) is 4.79 Å². The molecule has 2 aromatic rings. The van der Waals surface area contributed by atoms with Gasteiger partial charge in [-0.2, -0.15) is 5.10 Å². The zero-order chi connectivity index (χ0) is 12.6. The molecule has 90 valence electrons. The first-order valence-electron chi connectivity index (χ1n) is 5.79. The lowest BCUT2D eigenvalue weighted by atomic mass is 10.1. The Labute approximate surface area is 99.9 Å². The molecule has 0 fully saturated rings. The summed E-state index contributed by atoms with van der Waals surface area (Å²) in [5.41, 5.74) is 2.23. The number of hydrogen-bond acceptors (Lipinski definition) is 2. The van der Waals surface area contributed by atoms with E-state index < -0.39 is 5.97 Å². The number of carboxylic acid groups (broad SMARTS) is 1. The van der Waals surface area contributed by atoms with Gasteiger partial charge in [0.25, 0.3) is 0 Å². The van der Waals surface area contributed by atoms with Gasteiger partial charge in [0.15, 0.2) is 0 Å². The molecule has 4 heteroatoms. The van der Waals surface area contributed by atoms with Gasteiger partial charge in [0, 0.05) is 11.4 Å². The molecule has 0 spiro atoms. The minimum Gasteiger partial charge on any atom is -0.478 e. The van der Waals surface area contributed by atoms with E-state index in [1.165, 1.54) is 0 Å². The predicted octanol–water partition coefficient (Wildman–Crippen LogP) is 2.88. The first kappa shape index (κ1) is 11.6. The van der Waals surface area contributed by atoms with E-state index in [2.05, 4.69) is 12.0 Å². The summed E-state index contributed by atoms with van der Waals surface area (Å²) in [5.74, 6) is -0.901. The molecule has 1 N–H and O–H groups in total. The molecule has 0 aliphatic rings. The molecule has 0 aliphatic heterocycles. The molecule has 0 aliphatic carbocycles. The Balaban J connectivity index is 2.73. The summed E-state index contributed by atoms with van der Waals surface area (Å²) in [6.45, 7) is 6.14. The van der Waals surface area contributed by atoms with E-state index in [0.717, 1.165) is 23.0 Å². The van der Waals surface area contributed by atoms with Gasteiger partial charge in [-0.3, -0.25) is 4.68 Å². The third kappa shape index (κ3) is 1.90. The summed E-state index contributed by atoms with van der Waals surface area (Å²) >= 11 is 0. The van der Waals surface area contributed by atoms with Crippen molar-refractivity contribution in [2.75, 3.05) is 0 Å². The number of rotatable bonds is 3. The van der Waals surface area contributed by atoms with Crippen molar-refractivity contribution in [2.45, 2.75) is 33.2 Å². The van der Waals surface area contributed by atoms with Crippen molar-refractivity contribution in [3.8, 4) is 0 Å². The largest absolute Gasteiger partial charge is 0.478 e. The van der Waals surface area contributed by atoms with Crippen molar-refractivity contribution in [3.05, 3.63) is 29.5 Å². The number of nitrogens with zero attached hydrogens (tertiary/aromatic N) is 2. The average Bonchev–Trinajstić information content (AvgIpc) is 2.66. The Morgan fingerprint density at radius 2 is 2.18 bits per heavy atom. The Morgan fingerprint density at radius 3 is 2.71 bits per heavy atom. The highest BCUT2D eigenvalue weighted by Gasteiger charge is 2.13. The number of fused-ring (bicyclic) bond motifs is 1. The zero-order valence-electron chi connectivity index (χ0n) is 10.3. The van der Waals surface area contributed by atoms with Crippen LogP contribution in [0.2, 0.25) is 0 Å². The fraction of sp³-hybridized carbons (Fsp3) is 0.385. The van der Waals surface area contributed by atoms with Crippen LogP contribution in [0.1, 0.15) is 42.9 Å². The van der Waals surface area contributed by atoms with Gasteiger partial charge < -0.3 is 5.11 Å². The topological polar surface area (TPSA) is 55.1 Å². The second-order valence-corrected chi connectivity index (χ2v) is 4.38. The maximum absolute atomic E-state index is 11.0. The smallest absolute Gasteiger partial charge is 0.335 e. The van der Waals surface area contributed by atoms with Gasteiger partial charge in [0.1, 0.15) is 0 Å². The summed E-state index contributed by atoms with van der Waals surface area (Å²) in [4.78, 5) is 11.0. The molecule has 0 bridgehead atoms. The average molecular weight is 232 g/mol. The fourth-order valence-corrected chi connectivity index (χ4v) is 1.99. The van der Waals surface area contributed by atoms with Gasteiger partial charge in [0.2, 0.25) is 0 Å². The third-order valence-electron chi connectivity index (χ3n) is 2.85. The number of benzene rings is 1. The number of aromatic nitrogens is 2. The highest BCUT2D eigenvalue weighted by molar-refractivity contribution is 5.94. The van der Waals surface area contributed by atoms with Crippen LogP contribution in [0.3, 0.4) is 0 Å². The van der Waals surface area contributed by atoms with Crippen molar-refractivity contribution in [1.82, 2.24) is 9.78 Å². The van der Waals surface area contributed by atoms with Gasteiger partial charge in [-0.1, -0.05) is 13.0 Å². The molecule has 1 heterocycles. The van der Waals surface area contributed by atoms with E-state index >= 15 is 0 Å². The minimum absolute atomic E-state index is 0.224. The van der Waals surface area contributed by atoms with Crippen LogP contribution in [-0.4, -0.2) is 20.9 Å². The molecule has 1 aromatic carbocycles. The van der Waals surface area contributed by atoms with Crippen molar-refractivity contribution in [2.24, 2.45) is 0 Å². The molecule has 0 radical (unpaired) electrons. The van der Waals surface area contributed by atoms with E-state index in [-0.39, 0.29) is 6.04 Å². The molecule has 0 atom stereocenters. The normalized spacial score (nSPS) is 11.3. The monoisotopic (exact) mass is 232 g/mol. The van der Waals surface area contributed by atoms with Crippen LogP contribution < -0.4 is 0 Å². The standard InChI is InChI=1S/C13H16N2O2/c1-4-11-10-6-5-9(13(16)17)7-12(10)15(14-11)8(2)3/h5-8H,4H2,1-3H3,(H,16,17). The van der Waals surface area contributed by atoms with E-state index in [1.54, 1.807) is 12.1 Å². The lowest BCUT2D eigenvalue weighted by Crippen LogP contribution is -2.03. The maximum Gasteiger partial charge on any atom is 0.335 e. The lowest BCUT2D eigenvalue weighted by Gasteiger charge is -2.07. The number of carboxylic acids is 1. The first-order valence-corrected chi connectivity index (χ1v) is 5.79. The van der Waals surface area contributed by atoms with E-state index in [1.807, 2.05) is 24.6 Å². The van der Waals surface area contributed by atoms with Crippen molar-refractivity contribution < 1.29 is 9.90 Å². The Morgan fingerprint density at radius 1 is 1.47 bits per heavy atom. The van der Waals surface area contributed by atoms with Crippen LogP contribution in [0.4, 0.5) is 0 Å². The van der Waals surface area contributed by atoms with Crippen molar-refractivity contribution in [3.63, 3.8) is 0 Å². The number of aryl methyl sites for hydroxylation is 1. The molecule has 4 nitrogen and oxygen atoms in total. The highest BCUT2D eigenvalue weighted by atomic mass is 16.4. The molecule has 0 saturated heterocycles. The van der Waals surface area contributed by atoms with Crippen LogP contribution in [0.5, 0.6) is 0 Å². The Bertz CT molecular complexity index is 570. The first-order chi connectivity index (χ1) is 8.04. The van der Waals surface area contributed by atoms with Gasteiger partial charge in [-0.05, 0) is 32.4 Å². The van der Waals surface area contributed by atoms with Crippen LogP contribution in [0.15, 0.2) is 18.2 Å². The highest BCUT2D eigenvalue weighted by Crippen LogP contribution is 2.23. The van der Waals surface area contributed by atoms with Gasteiger partial charge in [-0.15, -0.1) is 0 Å². The fourth-order valence-electron chi connectivity index (χ4n) is 1.99. The number of carbonyl (C=O) groups is 1. The third-order valence-corrected chi connectivity index (χ3v) is 2.85. The molecule has 0 unspecified atom stereocenters. The minimum atomic E-state index is -0.901. The molecular weight excluding hydrogens is 216 g/mol. The maximum atomic E-state index is 11.0. The Hall–Kier alpha value is -1.84. The van der Waals surface area contributed by atoms with Crippen molar-refractivity contribution in [1.29, 1.82) is 0 Å². The van der Waals surface area contributed by atoms with Crippen LogP contribution in [0, 0.1) is 0 Å². The Kier molecular flexibility index (Phi) is 2.88. The second kappa shape index (κ2) is 4.20. The molecule has 0 amide bonds. The van der Waals surface area contributed by atoms with Crippen molar-refractivity contribution >= 4 is 16.9 Å². The quantitative estimate of drug-likeness (QED) is 0.885.